The zero-order valence-corrected chi connectivity index (χ0v) is 73.3. The molecule has 622 valence electrons. The van der Waals surface area contributed by atoms with Crippen molar-refractivity contribution < 1.29 is 0 Å². The number of nitrogens with zero attached hydrogens (tertiary/aromatic N) is 6. The van der Waals surface area contributed by atoms with E-state index in [9.17, 15) is 0 Å². The lowest BCUT2D eigenvalue weighted by atomic mass is 9.85. The zero-order valence-electron chi connectivity index (χ0n) is 73.3. The fraction of sp³-hybridized carbons (Fsp3) is 0.0315. The van der Waals surface area contributed by atoms with Gasteiger partial charge in [-0.25, -0.2) is 15.0 Å². The molecule has 0 aliphatic heterocycles. The van der Waals surface area contributed by atoms with Crippen molar-refractivity contribution in [3.8, 4) is 112 Å². The maximum absolute atomic E-state index is 5.26. The summed E-state index contributed by atoms with van der Waals surface area (Å²) < 4.78 is 7.07. The number of benzene rings is 22. The van der Waals surface area contributed by atoms with Crippen molar-refractivity contribution in [2.75, 3.05) is 0 Å². The SMILES string of the molecule is CCc1nc2cc(-c3c4ccccc4c(-c4ccc(-c5ccccc5)cc4)c4ccccc34)cc3c4ccccc4n1c23.CCc1nc2cccc3c4cc(-c5c6ccccc6c(-c6ccc(-c7ccccc7)cc6)c6ccccc56)ccc4n1c23.c1ccc(-c2c3ccccc3c(-c3ccccc3)c3cc(-c4cc5nc(-c6ccccc6)n6c7ccccc7c(c4)c56)ccc23)cc1. The average molecular weight is 1690 g/mol. The van der Waals surface area contributed by atoms with Crippen molar-refractivity contribution in [2.45, 2.75) is 26.7 Å². The van der Waals surface area contributed by atoms with Gasteiger partial charge >= 0.3 is 0 Å². The lowest BCUT2D eigenvalue weighted by Crippen LogP contribution is -1.92. The normalized spacial score (nSPS) is 11.9. The van der Waals surface area contributed by atoms with E-state index in [1.165, 1.54) is 230 Å². The predicted molar refractivity (Wildman–Crippen MR) is 562 cm³/mol. The summed E-state index contributed by atoms with van der Waals surface area (Å²) in [6.07, 6.45) is 1.79. The Kier molecular flexibility index (Phi) is 18.1. The number of fused-ring (bicyclic) bond motifs is 15. The first-order valence-electron chi connectivity index (χ1n) is 46.2. The van der Waals surface area contributed by atoms with Gasteiger partial charge in [-0.05, 0) is 225 Å². The highest BCUT2D eigenvalue weighted by Gasteiger charge is 2.27. The van der Waals surface area contributed by atoms with E-state index >= 15 is 0 Å². The fourth-order valence-corrected chi connectivity index (χ4v) is 22.1. The maximum atomic E-state index is 5.26. The van der Waals surface area contributed by atoms with E-state index in [1.807, 2.05) is 0 Å². The van der Waals surface area contributed by atoms with E-state index in [2.05, 4.69) is 476 Å². The predicted octanol–water partition coefficient (Wildman–Crippen LogP) is 33.9. The molecule has 6 heterocycles. The van der Waals surface area contributed by atoms with E-state index in [4.69, 9.17) is 15.0 Å². The highest BCUT2D eigenvalue weighted by molar-refractivity contribution is 6.27. The van der Waals surface area contributed by atoms with Gasteiger partial charge in [-0.15, -0.1) is 0 Å². The second kappa shape index (κ2) is 31.3. The highest BCUT2D eigenvalue weighted by Crippen LogP contribution is 2.52. The standard InChI is InChI=1S/C45H28N2.2C41H28N2/c1-4-14-29(15-5-1)42-35-21-10-11-22-36(35)43(30-16-6-2-7-17-30)38-26-32(24-25-37(38)42)33-27-39-34-20-12-13-23-41(34)47-44(39)40(28-33)46-45(47)31-18-8-3-9-19-31;1-2-38-42-36-25-29(24-35-30-14-10-11-19-37(30)43(38)41(35)36)40-33-17-8-6-15-31(33)39(32-16-7-9-18-34(32)40)28-22-20-27(21-23-28)26-12-4-3-5-13-26;1-2-38-42-36-18-10-17-34-35-25-29(23-24-37(35)43(38)41(34)36)40-32-15-8-6-13-30(32)39(31-14-7-9-16-33(31)40)28-21-19-27(20-22-28)26-11-4-3-5-12-26/h1-28H;2*3-25H,2H2,1H3. The zero-order chi connectivity index (χ0) is 87.9. The number of rotatable bonds is 12. The minimum atomic E-state index is 0.890. The molecular formula is C127H84N6. The van der Waals surface area contributed by atoms with Gasteiger partial charge in [-0.1, -0.05) is 402 Å². The molecule has 0 unspecified atom stereocenters. The smallest absolute Gasteiger partial charge is 0.145 e. The topological polar surface area (TPSA) is 51.9 Å². The Bertz CT molecular complexity index is 9310. The summed E-state index contributed by atoms with van der Waals surface area (Å²) in [7, 11) is 0. The van der Waals surface area contributed by atoms with Crippen LogP contribution in [-0.4, -0.2) is 28.2 Å². The van der Waals surface area contributed by atoms with E-state index in [0.29, 0.717) is 0 Å². The van der Waals surface area contributed by atoms with Crippen molar-refractivity contribution in [3.63, 3.8) is 0 Å². The van der Waals surface area contributed by atoms with Crippen LogP contribution in [0.5, 0.6) is 0 Å². The molecule has 0 atom stereocenters. The first-order chi connectivity index (χ1) is 65.9. The number of hydrogen-bond donors (Lipinski definition) is 0. The molecule has 28 rings (SSSR count). The van der Waals surface area contributed by atoms with E-state index in [-0.39, 0.29) is 0 Å². The number of hydrogen-bond acceptors (Lipinski definition) is 3. The molecule has 0 saturated carbocycles. The second-order valence-corrected chi connectivity index (χ2v) is 35.2. The fourth-order valence-electron chi connectivity index (χ4n) is 22.1. The molecule has 0 aliphatic carbocycles. The molecule has 0 spiro atoms. The molecule has 133 heavy (non-hydrogen) atoms. The van der Waals surface area contributed by atoms with Gasteiger partial charge in [0.05, 0.1) is 49.7 Å². The lowest BCUT2D eigenvalue weighted by molar-refractivity contribution is 0.961. The van der Waals surface area contributed by atoms with Crippen LogP contribution < -0.4 is 0 Å². The Balaban J connectivity index is 0.000000104. The Morgan fingerprint density at radius 3 is 0.895 bits per heavy atom. The Labute approximate surface area is 768 Å². The van der Waals surface area contributed by atoms with Crippen molar-refractivity contribution >= 4 is 147 Å². The van der Waals surface area contributed by atoms with E-state index < -0.39 is 0 Å². The van der Waals surface area contributed by atoms with Crippen molar-refractivity contribution in [1.82, 2.24) is 28.2 Å². The average Bonchev–Trinajstić information content (AvgIpc) is 1.57. The molecule has 6 aromatic heterocycles. The molecule has 0 fully saturated rings. The van der Waals surface area contributed by atoms with Crippen LogP contribution in [0.15, 0.2) is 449 Å². The quantitative estimate of drug-likeness (QED) is 0.115. The van der Waals surface area contributed by atoms with Crippen LogP contribution >= 0.6 is 0 Å². The van der Waals surface area contributed by atoms with Gasteiger partial charge < -0.3 is 0 Å². The Hall–Kier alpha value is -17.2. The van der Waals surface area contributed by atoms with Crippen LogP contribution in [-0.2, 0) is 12.8 Å². The second-order valence-electron chi connectivity index (χ2n) is 35.2. The van der Waals surface area contributed by atoms with Crippen LogP contribution in [0, 0.1) is 0 Å². The monoisotopic (exact) mass is 1690 g/mol. The summed E-state index contributed by atoms with van der Waals surface area (Å²) in [5.41, 5.74) is 33.9. The first kappa shape index (κ1) is 77.0. The summed E-state index contributed by atoms with van der Waals surface area (Å²) >= 11 is 0. The van der Waals surface area contributed by atoms with Gasteiger partial charge in [0.2, 0.25) is 0 Å². The van der Waals surface area contributed by atoms with Gasteiger partial charge in [-0.3, -0.25) is 13.2 Å². The number of para-hydroxylation sites is 3. The summed E-state index contributed by atoms with van der Waals surface area (Å²) in [5.74, 6) is 3.21. The maximum Gasteiger partial charge on any atom is 0.145 e. The van der Waals surface area contributed by atoms with Crippen molar-refractivity contribution in [1.29, 1.82) is 0 Å². The molecule has 0 N–H and O–H groups in total. The molecule has 28 aromatic rings. The largest absolute Gasteiger partial charge is 0.295 e. The van der Waals surface area contributed by atoms with Crippen molar-refractivity contribution in [3.05, 3.63) is 461 Å². The molecule has 0 saturated heterocycles. The molecule has 0 radical (unpaired) electrons. The minimum absolute atomic E-state index is 0.890. The van der Waals surface area contributed by atoms with Gasteiger partial charge in [-0.2, -0.15) is 0 Å². The first-order valence-corrected chi connectivity index (χ1v) is 46.2. The van der Waals surface area contributed by atoms with Crippen LogP contribution in [0.2, 0.25) is 0 Å². The van der Waals surface area contributed by atoms with Crippen LogP contribution in [0.25, 0.3) is 258 Å². The third-order valence-electron chi connectivity index (χ3n) is 27.9. The minimum Gasteiger partial charge on any atom is -0.295 e. The number of aromatic nitrogens is 6. The molecule has 0 aliphatic rings. The molecule has 22 aromatic carbocycles. The summed E-state index contributed by atoms with van der Waals surface area (Å²) in [4.78, 5) is 15.3. The third kappa shape index (κ3) is 12.4. The van der Waals surface area contributed by atoms with Gasteiger partial charge in [0.25, 0.3) is 0 Å². The molecule has 6 nitrogen and oxygen atoms in total. The van der Waals surface area contributed by atoms with Crippen LogP contribution in [0.3, 0.4) is 0 Å². The Morgan fingerprint density at radius 2 is 0.436 bits per heavy atom. The third-order valence-corrected chi connectivity index (χ3v) is 27.9. The molecular weight excluding hydrogens is 1610 g/mol. The molecule has 0 bridgehead atoms. The van der Waals surface area contributed by atoms with E-state index in [0.717, 1.165) is 52.4 Å². The summed E-state index contributed by atoms with van der Waals surface area (Å²) in [6, 6.07) is 163. The van der Waals surface area contributed by atoms with E-state index in [1.54, 1.807) is 0 Å². The molecule has 0 amide bonds. The van der Waals surface area contributed by atoms with Gasteiger partial charge in [0, 0.05) is 50.7 Å². The van der Waals surface area contributed by atoms with Crippen molar-refractivity contribution in [2.24, 2.45) is 0 Å². The van der Waals surface area contributed by atoms with Gasteiger partial charge in [0.1, 0.15) is 17.5 Å². The lowest BCUT2D eigenvalue weighted by Gasteiger charge is -2.18. The summed E-state index contributed by atoms with van der Waals surface area (Å²) in [6.45, 7) is 4.38. The Morgan fingerprint density at radius 1 is 0.158 bits per heavy atom. The number of aryl methyl sites for hydroxylation is 2. The highest BCUT2D eigenvalue weighted by atomic mass is 15.1. The molecule has 6 heteroatoms. The van der Waals surface area contributed by atoms with Crippen LogP contribution in [0.4, 0.5) is 0 Å². The van der Waals surface area contributed by atoms with Gasteiger partial charge in [0.15, 0.2) is 0 Å². The van der Waals surface area contributed by atoms with Crippen LogP contribution in [0.1, 0.15) is 25.5 Å². The number of imidazole rings is 3. The summed E-state index contributed by atoms with van der Waals surface area (Å²) in [5, 5.41) is 22.8.